The van der Waals surface area contributed by atoms with Crippen LogP contribution in [0, 0.1) is 5.92 Å². The zero-order chi connectivity index (χ0) is 37.5. The summed E-state index contributed by atoms with van der Waals surface area (Å²) in [5, 5.41) is 0. The summed E-state index contributed by atoms with van der Waals surface area (Å²) in [7, 11) is 0. The molecule has 0 fully saturated rings. The smallest absolute Gasteiger partial charge is 0.306 e. The summed E-state index contributed by atoms with van der Waals surface area (Å²) in [6.45, 7) is 8.95. The standard InChI is InChI=1S/C45H86O6/c1-5-8-10-12-14-16-18-19-20-22-23-28-32-36-43(46)49-39-42(51-45(48)38-34-30-24-21-17-15-13-11-9-6-2)40-50-44(47)37-33-29-26-25-27-31-35-41(4)7-3/h41-42H,5-40H2,1-4H3/t41?,42-/m1/s1. The highest BCUT2D eigenvalue weighted by Gasteiger charge is 2.19. The molecule has 0 heterocycles. The summed E-state index contributed by atoms with van der Waals surface area (Å²) in [4.78, 5) is 37.6. The Balaban J connectivity index is 4.33. The van der Waals surface area contributed by atoms with Crippen LogP contribution in [0.2, 0.25) is 0 Å². The molecule has 0 aromatic carbocycles. The molecule has 1 unspecified atom stereocenters. The minimum atomic E-state index is -0.759. The molecule has 2 atom stereocenters. The number of carbonyl (C=O) groups excluding carboxylic acids is 3. The normalized spacial score (nSPS) is 12.5. The number of hydrogen-bond acceptors (Lipinski definition) is 6. The highest BCUT2D eigenvalue weighted by Crippen LogP contribution is 2.16. The Kier molecular flexibility index (Phi) is 38.4. The Morgan fingerprint density at radius 1 is 0.392 bits per heavy atom. The number of hydrogen-bond donors (Lipinski definition) is 0. The van der Waals surface area contributed by atoms with Crippen molar-refractivity contribution in [3.8, 4) is 0 Å². The van der Waals surface area contributed by atoms with Crippen LogP contribution in [0.4, 0.5) is 0 Å². The van der Waals surface area contributed by atoms with Gasteiger partial charge in [-0.3, -0.25) is 14.4 Å². The molecule has 0 aromatic rings. The topological polar surface area (TPSA) is 78.9 Å². The number of ether oxygens (including phenoxy) is 3. The van der Waals surface area contributed by atoms with Gasteiger partial charge in [0.1, 0.15) is 13.2 Å². The van der Waals surface area contributed by atoms with Crippen molar-refractivity contribution < 1.29 is 28.6 Å². The SMILES string of the molecule is CCCCCCCCCCCCCCCC(=O)OC[C@H](COC(=O)CCCCCCCCC(C)CC)OC(=O)CCCCCCCCCCCC. The average molecular weight is 723 g/mol. The van der Waals surface area contributed by atoms with Gasteiger partial charge in [0.2, 0.25) is 0 Å². The van der Waals surface area contributed by atoms with E-state index in [1.54, 1.807) is 0 Å². The predicted molar refractivity (Wildman–Crippen MR) is 215 cm³/mol. The molecule has 6 nitrogen and oxygen atoms in total. The second kappa shape index (κ2) is 39.6. The molecule has 0 aliphatic carbocycles. The third-order valence-electron chi connectivity index (χ3n) is 10.4. The van der Waals surface area contributed by atoms with Gasteiger partial charge < -0.3 is 14.2 Å². The van der Waals surface area contributed by atoms with E-state index in [1.807, 2.05) is 0 Å². The Morgan fingerprint density at radius 2 is 0.686 bits per heavy atom. The third-order valence-corrected chi connectivity index (χ3v) is 10.4. The van der Waals surface area contributed by atoms with Crippen LogP contribution in [0.3, 0.4) is 0 Å². The molecule has 0 saturated heterocycles. The lowest BCUT2D eigenvalue weighted by molar-refractivity contribution is -0.167. The van der Waals surface area contributed by atoms with Crippen molar-refractivity contribution in [1.29, 1.82) is 0 Å². The fourth-order valence-electron chi connectivity index (χ4n) is 6.59. The first-order valence-corrected chi connectivity index (χ1v) is 22.4. The molecular formula is C45H86O6. The van der Waals surface area contributed by atoms with Crippen LogP contribution >= 0.6 is 0 Å². The van der Waals surface area contributed by atoms with Crippen LogP contribution in [0.5, 0.6) is 0 Å². The van der Waals surface area contributed by atoms with Crippen LogP contribution < -0.4 is 0 Å². The predicted octanol–water partition coefficient (Wildman–Crippen LogP) is 13.9. The molecular weight excluding hydrogens is 636 g/mol. The fourth-order valence-corrected chi connectivity index (χ4v) is 6.59. The molecule has 0 bridgehead atoms. The number of esters is 3. The van der Waals surface area contributed by atoms with Gasteiger partial charge in [0.05, 0.1) is 0 Å². The molecule has 51 heavy (non-hydrogen) atoms. The summed E-state index contributed by atoms with van der Waals surface area (Å²) < 4.78 is 16.7. The van der Waals surface area contributed by atoms with Crippen molar-refractivity contribution >= 4 is 17.9 Å². The Hall–Kier alpha value is -1.59. The average Bonchev–Trinajstić information content (AvgIpc) is 3.13. The summed E-state index contributed by atoms with van der Waals surface area (Å²) in [6.07, 6.45) is 38.0. The number of unbranched alkanes of at least 4 members (excludes halogenated alkanes) is 26. The minimum absolute atomic E-state index is 0.0645. The molecule has 0 amide bonds. The van der Waals surface area contributed by atoms with Crippen LogP contribution in [0.1, 0.15) is 246 Å². The first-order chi connectivity index (χ1) is 24.9. The fraction of sp³-hybridized carbons (Fsp3) is 0.933. The van der Waals surface area contributed by atoms with Crippen molar-refractivity contribution in [2.75, 3.05) is 13.2 Å². The highest BCUT2D eigenvalue weighted by molar-refractivity contribution is 5.71. The van der Waals surface area contributed by atoms with E-state index in [0.717, 1.165) is 63.7 Å². The van der Waals surface area contributed by atoms with Gasteiger partial charge in [-0.2, -0.15) is 0 Å². The molecule has 6 heteroatoms. The van der Waals surface area contributed by atoms with Crippen molar-refractivity contribution in [2.24, 2.45) is 5.92 Å². The van der Waals surface area contributed by atoms with Crippen molar-refractivity contribution in [1.82, 2.24) is 0 Å². The summed E-state index contributed by atoms with van der Waals surface area (Å²) in [5.41, 5.74) is 0. The van der Waals surface area contributed by atoms with Crippen molar-refractivity contribution in [2.45, 2.75) is 252 Å². The Bertz CT molecular complexity index is 768. The van der Waals surface area contributed by atoms with E-state index in [0.29, 0.717) is 19.3 Å². The van der Waals surface area contributed by atoms with Gasteiger partial charge in [0, 0.05) is 19.3 Å². The van der Waals surface area contributed by atoms with Gasteiger partial charge in [-0.1, -0.05) is 207 Å². The first kappa shape index (κ1) is 49.4. The van der Waals surface area contributed by atoms with E-state index in [2.05, 4.69) is 27.7 Å². The lowest BCUT2D eigenvalue weighted by Gasteiger charge is -2.18. The van der Waals surface area contributed by atoms with Gasteiger partial charge in [-0.15, -0.1) is 0 Å². The second-order valence-electron chi connectivity index (χ2n) is 15.6. The molecule has 0 saturated carbocycles. The third kappa shape index (κ3) is 38.0. The van der Waals surface area contributed by atoms with Crippen molar-refractivity contribution in [3.05, 3.63) is 0 Å². The quantitative estimate of drug-likeness (QED) is 0.0356. The Morgan fingerprint density at radius 3 is 1.02 bits per heavy atom. The van der Waals surface area contributed by atoms with Crippen LogP contribution in [0.15, 0.2) is 0 Å². The zero-order valence-corrected chi connectivity index (χ0v) is 34.6. The maximum Gasteiger partial charge on any atom is 0.306 e. The van der Waals surface area contributed by atoms with E-state index < -0.39 is 6.10 Å². The monoisotopic (exact) mass is 723 g/mol. The first-order valence-electron chi connectivity index (χ1n) is 22.4. The number of carbonyl (C=O) groups is 3. The maximum absolute atomic E-state index is 12.7. The largest absolute Gasteiger partial charge is 0.462 e. The maximum atomic E-state index is 12.7. The molecule has 0 N–H and O–H groups in total. The van der Waals surface area contributed by atoms with E-state index >= 15 is 0 Å². The molecule has 0 spiro atoms. The lowest BCUT2D eigenvalue weighted by Crippen LogP contribution is -2.30. The molecule has 0 aromatic heterocycles. The van der Waals surface area contributed by atoms with Crippen LogP contribution in [0.25, 0.3) is 0 Å². The molecule has 0 aliphatic heterocycles. The minimum Gasteiger partial charge on any atom is -0.462 e. The van der Waals surface area contributed by atoms with Gasteiger partial charge >= 0.3 is 17.9 Å². The molecule has 0 aliphatic rings. The molecule has 302 valence electrons. The second-order valence-corrected chi connectivity index (χ2v) is 15.6. The van der Waals surface area contributed by atoms with Gasteiger partial charge in [0.25, 0.3) is 0 Å². The van der Waals surface area contributed by atoms with E-state index in [4.69, 9.17) is 14.2 Å². The van der Waals surface area contributed by atoms with Crippen molar-refractivity contribution in [3.63, 3.8) is 0 Å². The van der Waals surface area contributed by atoms with E-state index in [1.165, 1.54) is 141 Å². The summed E-state index contributed by atoms with van der Waals surface area (Å²) in [6, 6.07) is 0. The molecule has 0 rings (SSSR count). The van der Waals surface area contributed by atoms with E-state index in [9.17, 15) is 14.4 Å². The number of rotatable bonds is 40. The molecule has 0 radical (unpaired) electrons. The van der Waals surface area contributed by atoms with Crippen LogP contribution in [-0.2, 0) is 28.6 Å². The van der Waals surface area contributed by atoms with Crippen LogP contribution in [-0.4, -0.2) is 37.2 Å². The van der Waals surface area contributed by atoms with Gasteiger partial charge in [-0.25, -0.2) is 0 Å². The Labute approximate surface area is 317 Å². The highest BCUT2D eigenvalue weighted by atomic mass is 16.6. The van der Waals surface area contributed by atoms with Gasteiger partial charge in [0.15, 0.2) is 6.10 Å². The van der Waals surface area contributed by atoms with Gasteiger partial charge in [-0.05, 0) is 25.2 Å². The zero-order valence-electron chi connectivity index (χ0n) is 34.6. The lowest BCUT2D eigenvalue weighted by atomic mass is 10.00. The summed E-state index contributed by atoms with van der Waals surface area (Å²) in [5.74, 6) is -0.0447. The van der Waals surface area contributed by atoms with E-state index in [-0.39, 0.29) is 31.1 Å². The summed E-state index contributed by atoms with van der Waals surface area (Å²) >= 11 is 0.